The minimum Gasteiger partial charge on any atom is -0.352 e. The molecule has 140 valence electrons. The predicted octanol–water partition coefficient (Wildman–Crippen LogP) is 2.03. The molecule has 1 aromatic heterocycles. The van der Waals surface area contributed by atoms with Gasteiger partial charge in [0.1, 0.15) is 4.32 Å². The molecule has 1 N–H and O–H groups in total. The molecule has 0 saturated carbocycles. The van der Waals surface area contributed by atoms with Gasteiger partial charge < -0.3 is 5.32 Å². The maximum Gasteiger partial charge on any atom is 0.266 e. The largest absolute Gasteiger partial charge is 0.352 e. The van der Waals surface area contributed by atoms with Gasteiger partial charge in [-0.25, -0.2) is 8.42 Å². The normalized spacial score (nSPS) is 23.8. The fourth-order valence-electron chi connectivity index (χ4n) is 2.80. The van der Waals surface area contributed by atoms with E-state index >= 15 is 0 Å². The third kappa shape index (κ3) is 4.93. The number of sulfone groups is 1. The summed E-state index contributed by atoms with van der Waals surface area (Å²) in [5.41, 5.74) is 0. The molecule has 2 saturated heterocycles. The summed E-state index contributed by atoms with van der Waals surface area (Å²) in [5, 5.41) is 4.70. The quantitative estimate of drug-likeness (QED) is 0.549. The van der Waals surface area contributed by atoms with Gasteiger partial charge in [-0.15, -0.1) is 11.3 Å². The van der Waals surface area contributed by atoms with Crippen LogP contribution in [0.5, 0.6) is 0 Å². The van der Waals surface area contributed by atoms with E-state index in [1.807, 2.05) is 23.6 Å². The molecule has 0 radical (unpaired) electrons. The second-order valence-electron chi connectivity index (χ2n) is 6.12. The predicted molar refractivity (Wildman–Crippen MR) is 109 cm³/mol. The van der Waals surface area contributed by atoms with Crippen LogP contribution in [0.4, 0.5) is 0 Å². The third-order valence-electron chi connectivity index (χ3n) is 4.07. The molecule has 2 amide bonds. The van der Waals surface area contributed by atoms with Crippen molar-refractivity contribution in [3.8, 4) is 0 Å². The highest BCUT2D eigenvalue weighted by Crippen LogP contribution is 2.33. The lowest BCUT2D eigenvalue weighted by Crippen LogP contribution is -2.36. The Bertz CT molecular complexity index is 846. The number of amides is 2. The van der Waals surface area contributed by atoms with E-state index in [4.69, 9.17) is 12.2 Å². The molecule has 2 aliphatic heterocycles. The molecule has 1 atom stereocenters. The Labute approximate surface area is 165 Å². The van der Waals surface area contributed by atoms with Crippen molar-refractivity contribution in [2.75, 3.05) is 18.1 Å². The Kier molecular flexibility index (Phi) is 6.16. The van der Waals surface area contributed by atoms with Gasteiger partial charge in [0.2, 0.25) is 5.91 Å². The number of thioether (sulfide) groups is 1. The number of carbonyl (C=O) groups is 2. The Morgan fingerprint density at radius 2 is 2.27 bits per heavy atom. The van der Waals surface area contributed by atoms with E-state index in [2.05, 4.69) is 5.32 Å². The van der Waals surface area contributed by atoms with E-state index in [-0.39, 0.29) is 35.8 Å². The Morgan fingerprint density at radius 1 is 1.46 bits per heavy atom. The summed E-state index contributed by atoms with van der Waals surface area (Å²) in [5.74, 6) is -0.172. The van der Waals surface area contributed by atoms with Crippen LogP contribution in [-0.4, -0.2) is 53.5 Å². The van der Waals surface area contributed by atoms with Gasteiger partial charge in [-0.2, -0.15) is 0 Å². The first-order valence-electron chi connectivity index (χ1n) is 8.13. The molecule has 1 aromatic rings. The van der Waals surface area contributed by atoms with E-state index in [1.165, 1.54) is 16.7 Å². The van der Waals surface area contributed by atoms with Crippen LogP contribution in [-0.2, 0) is 19.4 Å². The number of thiophene rings is 1. The maximum absolute atomic E-state index is 12.5. The molecular formula is C16H18N2O4S4. The van der Waals surface area contributed by atoms with Gasteiger partial charge in [0.05, 0.1) is 16.4 Å². The maximum atomic E-state index is 12.5. The van der Waals surface area contributed by atoms with Crippen LogP contribution >= 0.6 is 35.3 Å². The number of nitrogens with zero attached hydrogens (tertiary/aromatic N) is 1. The van der Waals surface area contributed by atoms with Gasteiger partial charge >= 0.3 is 0 Å². The zero-order valence-electron chi connectivity index (χ0n) is 13.8. The van der Waals surface area contributed by atoms with Crippen molar-refractivity contribution in [2.24, 2.45) is 0 Å². The SMILES string of the molecule is O=C(CCCN1C(=O)/C(=C\c2cccs2)SC1=S)N[C@H]1CCS(=O)(=O)C1. The lowest BCUT2D eigenvalue weighted by molar-refractivity contribution is -0.124. The van der Waals surface area contributed by atoms with Crippen LogP contribution in [0.1, 0.15) is 24.1 Å². The molecule has 0 aromatic carbocycles. The number of rotatable bonds is 6. The van der Waals surface area contributed by atoms with Crippen molar-refractivity contribution in [3.63, 3.8) is 0 Å². The topological polar surface area (TPSA) is 83.6 Å². The highest BCUT2D eigenvalue weighted by molar-refractivity contribution is 8.26. The molecular weight excluding hydrogens is 412 g/mol. The molecule has 2 fully saturated rings. The Morgan fingerprint density at radius 3 is 2.92 bits per heavy atom. The summed E-state index contributed by atoms with van der Waals surface area (Å²) in [6.45, 7) is 0.378. The molecule has 0 aliphatic carbocycles. The van der Waals surface area contributed by atoms with Crippen LogP contribution in [0, 0.1) is 0 Å². The van der Waals surface area contributed by atoms with Crippen LogP contribution in [0.25, 0.3) is 6.08 Å². The number of carbonyl (C=O) groups excluding carboxylic acids is 2. The minimum atomic E-state index is -3.01. The van der Waals surface area contributed by atoms with E-state index in [0.717, 1.165) is 4.88 Å². The van der Waals surface area contributed by atoms with Crippen molar-refractivity contribution >= 4 is 67.4 Å². The molecule has 0 unspecified atom stereocenters. The molecule has 0 bridgehead atoms. The molecule has 10 heteroatoms. The summed E-state index contributed by atoms with van der Waals surface area (Å²) in [6, 6.07) is 3.56. The fourth-order valence-corrected chi connectivity index (χ4v) is 6.51. The van der Waals surface area contributed by atoms with Gasteiger partial charge in [-0.3, -0.25) is 14.5 Å². The van der Waals surface area contributed by atoms with Crippen LogP contribution in [0.15, 0.2) is 22.4 Å². The summed E-state index contributed by atoms with van der Waals surface area (Å²) < 4.78 is 23.3. The molecule has 26 heavy (non-hydrogen) atoms. The van der Waals surface area contributed by atoms with E-state index < -0.39 is 9.84 Å². The fraction of sp³-hybridized carbons (Fsp3) is 0.438. The standard InChI is InChI=1S/C16H18N2O4S4/c19-14(17-11-5-8-26(21,22)10-11)4-1-6-18-15(20)13(25-16(18)23)9-12-3-2-7-24-12/h2-3,7,9,11H,1,4-6,8,10H2,(H,17,19)/b13-9+/t11-/m0/s1. The Hall–Kier alpha value is -1.23. The van der Waals surface area contributed by atoms with Gasteiger partial charge in [-0.1, -0.05) is 30.0 Å². The second-order valence-corrected chi connectivity index (χ2v) is 11.0. The van der Waals surface area contributed by atoms with Crippen molar-refractivity contribution in [2.45, 2.75) is 25.3 Å². The lowest BCUT2D eigenvalue weighted by Gasteiger charge is -2.15. The van der Waals surface area contributed by atoms with Crippen molar-refractivity contribution in [1.82, 2.24) is 10.2 Å². The average molecular weight is 431 g/mol. The van der Waals surface area contributed by atoms with Gasteiger partial charge in [0, 0.05) is 23.9 Å². The monoisotopic (exact) mass is 430 g/mol. The van der Waals surface area contributed by atoms with E-state index in [1.54, 1.807) is 11.3 Å². The molecule has 2 aliphatic rings. The van der Waals surface area contributed by atoms with Crippen LogP contribution < -0.4 is 5.32 Å². The lowest BCUT2D eigenvalue weighted by atomic mass is 10.2. The van der Waals surface area contributed by atoms with Gasteiger partial charge in [0.25, 0.3) is 5.91 Å². The second kappa shape index (κ2) is 8.20. The van der Waals surface area contributed by atoms with Crippen molar-refractivity contribution in [3.05, 3.63) is 27.3 Å². The van der Waals surface area contributed by atoms with E-state index in [9.17, 15) is 18.0 Å². The zero-order chi connectivity index (χ0) is 18.7. The molecule has 3 rings (SSSR count). The van der Waals surface area contributed by atoms with E-state index in [0.29, 0.717) is 28.6 Å². The first kappa shape index (κ1) is 19.5. The zero-order valence-corrected chi connectivity index (χ0v) is 17.1. The molecule has 3 heterocycles. The first-order valence-corrected chi connectivity index (χ1v) is 12.1. The highest BCUT2D eigenvalue weighted by atomic mass is 32.2. The van der Waals surface area contributed by atoms with Crippen molar-refractivity contribution in [1.29, 1.82) is 0 Å². The molecule has 0 spiro atoms. The highest BCUT2D eigenvalue weighted by Gasteiger charge is 2.32. The number of thiocarbonyl (C=S) groups is 1. The van der Waals surface area contributed by atoms with Crippen molar-refractivity contribution < 1.29 is 18.0 Å². The van der Waals surface area contributed by atoms with Crippen LogP contribution in [0.2, 0.25) is 0 Å². The van der Waals surface area contributed by atoms with Gasteiger partial charge in [0.15, 0.2) is 9.84 Å². The summed E-state index contributed by atoms with van der Waals surface area (Å²) in [7, 11) is -3.01. The summed E-state index contributed by atoms with van der Waals surface area (Å²) in [4.78, 5) is 27.5. The smallest absolute Gasteiger partial charge is 0.266 e. The third-order valence-corrected chi connectivity index (χ3v) is 8.04. The first-order chi connectivity index (χ1) is 12.3. The average Bonchev–Trinajstić information content (AvgIpc) is 3.25. The number of nitrogens with one attached hydrogen (secondary N) is 1. The minimum absolute atomic E-state index is 0.0148. The number of hydrogen-bond acceptors (Lipinski definition) is 7. The number of hydrogen-bond donors (Lipinski definition) is 1. The summed E-state index contributed by atoms with van der Waals surface area (Å²) in [6.07, 6.45) is 3.01. The Balaban J connectivity index is 1.46. The molecule has 6 nitrogen and oxygen atoms in total. The van der Waals surface area contributed by atoms with Crippen LogP contribution in [0.3, 0.4) is 0 Å². The summed E-state index contributed by atoms with van der Waals surface area (Å²) >= 11 is 8.10. The van der Waals surface area contributed by atoms with Gasteiger partial charge in [-0.05, 0) is 30.4 Å².